The largest absolute Gasteiger partial charge is 0.508 e. The van der Waals surface area contributed by atoms with E-state index in [-0.39, 0.29) is 12.2 Å². The molecule has 5 N–H and O–H groups in total. The number of carbonyl (C=O) groups excluding carboxylic acids is 1. The summed E-state index contributed by atoms with van der Waals surface area (Å²) >= 11 is 1.52. The molecule has 0 aromatic heterocycles. The molecule has 0 bridgehead atoms. The number of carboxylic acid groups (broad SMARTS) is 1. The van der Waals surface area contributed by atoms with Crippen molar-refractivity contribution in [3.63, 3.8) is 0 Å². The molecule has 0 heterocycles. The van der Waals surface area contributed by atoms with Crippen LogP contribution < -0.4 is 11.1 Å². The SMILES string of the molecule is CSCC[C@H](NC(=O)C(N)Cc1ccc(O)cc1)C(=O)O. The molecule has 7 heteroatoms. The van der Waals surface area contributed by atoms with Crippen molar-refractivity contribution >= 4 is 23.6 Å². The average molecular weight is 312 g/mol. The number of thioether (sulfide) groups is 1. The zero-order valence-electron chi connectivity index (χ0n) is 11.8. The number of nitrogens with two attached hydrogens (primary N) is 1. The van der Waals surface area contributed by atoms with Gasteiger partial charge in [-0.3, -0.25) is 4.79 Å². The first-order valence-electron chi connectivity index (χ1n) is 6.49. The highest BCUT2D eigenvalue weighted by Gasteiger charge is 2.22. The van der Waals surface area contributed by atoms with Crippen LogP contribution in [0.4, 0.5) is 0 Å². The van der Waals surface area contributed by atoms with E-state index in [4.69, 9.17) is 10.8 Å². The van der Waals surface area contributed by atoms with E-state index in [1.807, 2.05) is 6.26 Å². The van der Waals surface area contributed by atoms with Gasteiger partial charge in [0.25, 0.3) is 0 Å². The van der Waals surface area contributed by atoms with Gasteiger partial charge < -0.3 is 21.3 Å². The van der Waals surface area contributed by atoms with Gasteiger partial charge in [0, 0.05) is 0 Å². The van der Waals surface area contributed by atoms with Crippen LogP contribution >= 0.6 is 11.8 Å². The van der Waals surface area contributed by atoms with E-state index in [1.165, 1.54) is 23.9 Å². The number of benzene rings is 1. The lowest BCUT2D eigenvalue weighted by molar-refractivity contribution is -0.142. The van der Waals surface area contributed by atoms with Crippen LogP contribution in [-0.2, 0) is 16.0 Å². The second-order valence-corrected chi connectivity index (χ2v) is 5.64. The summed E-state index contributed by atoms with van der Waals surface area (Å²) in [5.74, 6) is -0.768. The maximum atomic E-state index is 11.9. The zero-order valence-corrected chi connectivity index (χ0v) is 12.6. The number of phenols is 1. The zero-order chi connectivity index (χ0) is 15.8. The third kappa shape index (κ3) is 6.05. The van der Waals surface area contributed by atoms with Crippen LogP contribution in [0.3, 0.4) is 0 Å². The summed E-state index contributed by atoms with van der Waals surface area (Å²) in [6.07, 6.45) is 2.51. The van der Waals surface area contributed by atoms with Crippen molar-refractivity contribution in [2.45, 2.75) is 24.9 Å². The molecule has 0 aliphatic heterocycles. The summed E-state index contributed by atoms with van der Waals surface area (Å²) in [7, 11) is 0. The topological polar surface area (TPSA) is 113 Å². The predicted octanol–water partition coefficient (Wildman–Crippen LogP) is 0.584. The molecule has 6 nitrogen and oxygen atoms in total. The van der Waals surface area contributed by atoms with Gasteiger partial charge in [0.15, 0.2) is 0 Å². The van der Waals surface area contributed by atoms with Gasteiger partial charge in [-0.25, -0.2) is 4.79 Å². The molecule has 1 aromatic rings. The summed E-state index contributed by atoms with van der Waals surface area (Å²) in [6.45, 7) is 0. The van der Waals surface area contributed by atoms with E-state index >= 15 is 0 Å². The third-order valence-corrected chi connectivity index (χ3v) is 3.60. The summed E-state index contributed by atoms with van der Waals surface area (Å²) in [5.41, 5.74) is 6.59. The first-order valence-corrected chi connectivity index (χ1v) is 7.89. The number of nitrogens with one attached hydrogen (secondary N) is 1. The standard InChI is InChI=1S/C14H20N2O4S/c1-21-7-6-12(14(19)20)16-13(18)11(15)8-9-2-4-10(17)5-3-9/h2-5,11-12,17H,6-8,15H2,1H3,(H,16,18)(H,19,20)/t11?,12-/m0/s1. The molecule has 1 rings (SSSR count). The fraction of sp³-hybridized carbons (Fsp3) is 0.429. The minimum absolute atomic E-state index is 0.139. The van der Waals surface area contributed by atoms with Crippen molar-refractivity contribution in [1.29, 1.82) is 0 Å². The maximum Gasteiger partial charge on any atom is 0.326 e. The second kappa shape index (κ2) is 8.53. The molecule has 0 fully saturated rings. The van der Waals surface area contributed by atoms with Crippen molar-refractivity contribution in [2.24, 2.45) is 5.73 Å². The third-order valence-electron chi connectivity index (χ3n) is 2.95. The minimum atomic E-state index is -1.06. The highest BCUT2D eigenvalue weighted by Crippen LogP contribution is 2.11. The highest BCUT2D eigenvalue weighted by atomic mass is 32.2. The van der Waals surface area contributed by atoms with E-state index < -0.39 is 24.0 Å². The van der Waals surface area contributed by atoms with E-state index in [0.717, 1.165) is 5.56 Å². The quantitative estimate of drug-likeness (QED) is 0.559. The summed E-state index contributed by atoms with van der Waals surface area (Å²) in [6, 6.07) is 4.62. The second-order valence-electron chi connectivity index (χ2n) is 4.66. The van der Waals surface area contributed by atoms with Crippen molar-refractivity contribution in [2.75, 3.05) is 12.0 Å². The number of phenolic OH excluding ortho intramolecular Hbond substituents is 1. The first-order chi connectivity index (χ1) is 9.93. The first kappa shape index (κ1) is 17.3. The number of amides is 1. The molecule has 116 valence electrons. The predicted molar refractivity (Wildman–Crippen MR) is 82.4 cm³/mol. The molecule has 0 radical (unpaired) electrons. The molecule has 1 aromatic carbocycles. The Labute approximate surface area is 127 Å². The van der Waals surface area contributed by atoms with Gasteiger partial charge in [-0.05, 0) is 42.5 Å². The molecule has 1 amide bonds. The fourth-order valence-electron chi connectivity index (χ4n) is 1.75. The van der Waals surface area contributed by atoms with Crippen LogP contribution in [0.25, 0.3) is 0 Å². The van der Waals surface area contributed by atoms with Gasteiger partial charge in [-0.15, -0.1) is 0 Å². The van der Waals surface area contributed by atoms with Gasteiger partial charge >= 0.3 is 5.97 Å². The Morgan fingerprint density at radius 1 is 1.33 bits per heavy atom. The van der Waals surface area contributed by atoms with Gasteiger partial charge in [0.2, 0.25) is 5.91 Å². The van der Waals surface area contributed by atoms with Crippen LogP contribution in [0.15, 0.2) is 24.3 Å². The van der Waals surface area contributed by atoms with E-state index in [1.54, 1.807) is 12.1 Å². The summed E-state index contributed by atoms with van der Waals surface area (Å²) in [5, 5.41) is 20.7. The Kier molecular flexibility index (Phi) is 7.04. The number of rotatable bonds is 8. The molecule has 0 aliphatic carbocycles. The Hall–Kier alpha value is -1.73. The number of hydrogen-bond acceptors (Lipinski definition) is 5. The molecule has 21 heavy (non-hydrogen) atoms. The van der Waals surface area contributed by atoms with Crippen molar-refractivity contribution < 1.29 is 19.8 Å². The Morgan fingerprint density at radius 2 is 1.95 bits per heavy atom. The molecule has 0 saturated carbocycles. The minimum Gasteiger partial charge on any atom is -0.508 e. The number of carboxylic acids is 1. The molecular formula is C14H20N2O4S. The average Bonchev–Trinajstić information content (AvgIpc) is 2.45. The number of carbonyl (C=O) groups is 2. The van der Waals surface area contributed by atoms with Crippen LogP contribution in [-0.4, -0.2) is 46.2 Å². The Balaban J connectivity index is 2.56. The van der Waals surface area contributed by atoms with Crippen LogP contribution in [0.5, 0.6) is 5.75 Å². The van der Waals surface area contributed by atoms with E-state index in [2.05, 4.69) is 5.32 Å². The van der Waals surface area contributed by atoms with E-state index in [9.17, 15) is 14.7 Å². The number of aromatic hydroxyl groups is 1. The molecule has 0 spiro atoms. The van der Waals surface area contributed by atoms with Crippen molar-refractivity contribution in [1.82, 2.24) is 5.32 Å². The van der Waals surface area contributed by atoms with Crippen LogP contribution in [0.2, 0.25) is 0 Å². The number of hydrogen-bond donors (Lipinski definition) is 4. The molecular weight excluding hydrogens is 292 g/mol. The Bertz CT molecular complexity index is 478. The van der Waals surface area contributed by atoms with Gasteiger partial charge in [-0.2, -0.15) is 11.8 Å². The maximum absolute atomic E-state index is 11.9. The van der Waals surface area contributed by atoms with Crippen LogP contribution in [0, 0.1) is 0 Å². The Morgan fingerprint density at radius 3 is 2.48 bits per heavy atom. The van der Waals surface area contributed by atoms with E-state index in [0.29, 0.717) is 12.2 Å². The lowest BCUT2D eigenvalue weighted by atomic mass is 10.1. The van der Waals surface area contributed by atoms with Crippen molar-refractivity contribution in [3.05, 3.63) is 29.8 Å². The van der Waals surface area contributed by atoms with Gasteiger partial charge in [0.1, 0.15) is 11.8 Å². The molecule has 0 aliphatic rings. The van der Waals surface area contributed by atoms with Crippen LogP contribution in [0.1, 0.15) is 12.0 Å². The summed E-state index contributed by atoms with van der Waals surface area (Å²) in [4.78, 5) is 23.0. The summed E-state index contributed by atoms with van der Waals surface area (Å²) < 4.78 is 0. The van der Waals surface area contributed by atoms with Gasteiger partial charge in [-0.1, -0.05) is 12.1 Å². The normalized spacial score (nSPS) is 13.4. The fourth-order valence-corrected chi connectivity index (χ4v) is 2.22. The lowest BCUT2D eigenvalue weighted by Gasteiger charge is -2.17. The van der Waals surface area contributed by atoms with Gasteiger partial charge in [0.05, 0.1) is 6.04 Å². The molecule has 1 unspecified atom stereocenters. The molecule has 2 atom stereocenters. The smallest absolute Gasteiger partial charge is 0.326 e. The monoisotopic (exact) mass is 312 g/mol. The highest BCUT2D eigenvalue weighted by molar-refractivity contribution is 7.98. The molecule has 0 saturated heterocycles. The number of aliphatic carboxylic acids is 1. The lowest BCUT2D eigenvalue weighted by Crippen LogP contribution is -2.49. The van der Waals surface area contributed by atoms with Crippen molar-refractivity contribution in [3.8, 4) is 5.75 Å².